The minimum atomic E-state index is -0.706. The Morgan fingerprint density at radius 1 is 0.969 bits per heavy atom. The van der Waals surface area contributed by atoms with Gasteiger partial charge in [-0.3, -0.25) is 10.1 Å². The predicted molar refractivity (Wildman–Crippen MR) is 120 cm³/mol. The Morgan fingerprint density at radius 3 is 2.28 bits per heavy atom. The fourth-order valence-electron chi connectivity index (χ4n) is 2.70. The van der Waals surface area contributed by atoms with Crippen LogP contribution in [0.3, 0.4) is 0 Å². The summed E-state index contributed by atoms with van der Waals surface area (Å²) in [5, 5.41) is 19.6. The van der Waals surface area contributed by atoms with Crippen LogP contribution in [0.5, 0.6) is 11.5 Å². The van der Waals surface area contributed by atoms with Crippen molar-refractivity contribution in [1.29, 1.82) is 0 Å². The molecule has 0 aliphatic carbocycles. The second-order valence-corrected chi connectivity index (χ2v) is 7.06. The van der Waals surface area contributed by atoms with Crippen LogP contribution in [0.15, 0.2) is 77.0 Å². The van der Waals surface area contributed by atoms with Gasteiger partial charge >= 0.3 is 11.7 Å². The Bertz CT molecular complexity index is 1110. The van der Waals surface area contributed by atoms with E-state index in [2.05, 4.69) is 17.2 Å². The number of nitrogens with zero attached hydrogens (tertiary/aromatic N) is 3. The Hall–Kier alpha value is -4.07. The Balaban J connectivity index is 1.72. The zero-order chi connectivity index (χ0) is 22.9. The Labute approximate surface area is 185 Å². The molecule has 0 heterocycles. The maximum absolute atomic E-state index is 12.5. The van der Waals surface area contributed by atoms with Crippen LogP contribution in [-0.4, -0.2) is 17.5 Å². The third kappa shape index (κ3) is 6.21. The molecule has 0 saturated carbocycles. The number of unbranched alkanes of at least 4 members (excludes halogenated alkanes) is 1. The van der Waals surface area contributed by atoms with Crippen LogP contribution in [0.2, 0.25) is 0 Å². The number of benzene rings is 3. The average molecular weight is 433 g/mol. The zero-order valence-electron chi connectivity index (χ0n) is 17.9. The van der Waals surface area contributed by atoms with Crippen LogP contribution in [0, 0.1) is 17.0 Å². The molecule has 3 aromatic carbocycles. The summed E-state index contributed by atoms with van der Waals surface area (Å²) in [6.45, 7) is 4.63. The van der Waals surface area contributed by atoms with Gasteiger partial charge in [0.15, 0.2) is 0 Å². The number of azo groups is 1. The molecule has 0 unspecified atom stereocenters. The number of rotatable bonds is 9. The van der Waals surface area contributed by atoms with Gasteiger partial charge < -0.3 is 9.47 Å². The standard InChI is InChI=1S/C24H23N3O5/c1-3-4-15-31-21-12-7-18(8-13-21)24(28)32-23-14-11-20(16-22(23)27(29)30)26-25-19-9-5-17(2)6-10-19/h5-14,16H,3-4,15H2,1-2H3. The predicted octanol–water partition coefficient (Wildman–Crippen LogP) is 6.72. The van der Waals surface area contributed by atoms with Gasteiger partial charge in [-0.25, -0.2) is 4.79 Å². The number of nitro groups is 1. The SMILES string of the molecule is CCCCOc1ccc(C(=O)Oc2ccc(N=Nc3ccc(C)cc3)cc2[N+](=O)[O-])cc1. The van der Waals surface area contributed by atoms with Gasteiger partial charge in [0.1, 0.15) is 5.75 Å². The van der Waals surface area contributed by atoms with Gasteiger partial charge in [0.25, 0.3) is 0 Å². The zero-order valence-corrected chi connectivity index (χ0v) is 17.9. The highest BCUT2D eigenvalue weighted by Crippen LogP contribution is 2.32. The molecule has 0 aromatic heterocycles. The highest BCUT2D eigenvalue weighted by Gasteiger charge is 2.20. The molecule has 0 aliphatic heterocycles. The van der Waals surface area contributed by atoms with Gasteiger partial charge in [-0.1, -0.05) is 31.0 Å². The van der Waals surface area contributed by atoms with E-state index in [1.807, 2.05) is 19.1 Å². The molecule has 0 N–H and O–H groups in total. The lowest BCUT2D eigenvalue weighted by Gasteiger charge is -2.07. The van der Waals surface area contributed by atoms with Crippen molar-refractivity contribution in [2.45, 2.75) is 26.7 Å². The first-order valence-electron chi connectivity index (χ1n) is 10.2. The average Bonchev–Trinajstić information content (AvgIpc) is 2.80. The molecule has 0 spiro atoms. The quantitative estimate of drug-likeness (QED) is 0.0930. The van der Waals surface area contributed by atoms with Crippen molar-refractivity contribution in [1.82, 2.24) is 0 Å². The number of carbonyl (C=O) groups is 1. The Kier molecular flexibility index (Phi) is 7.64. The van der Waals surface area contributed by atoms with Crippen molar-refractivity contribution < 1.29 is 19.2 Å². The third-order valence-electron chi connectivity index (χ3n) is 4.51. The smallest absolute Gasteiger partial charge is 0.343 e. The van der Waals surface area contributed by atoms with Crippen LogP contribution >= 0.6 is 0 Å². The number of ether oxygens (including phenoxy) is 2. The number of aryl methyl sites for hydroxylation is 1. The second-order valence-electron chi connectivity index (χ2n) is 7.06. The van der Waals surface area contributed by atoms with Gasteiger partial charge in [0.05, 0.1) is 28.5 Å². The molecule has 3 rings (SSSR count). The van der Waals surface area contributed by atoms with E-state index in [0.717, 1.165) is 18.4 Å². The van der Waals surface area contributed by atoms with Gasteiger partial charge in [0.2, 0.25) is 5.75 Å². The molecule has 8 nitrogen and oxygen atoms in total. The molecule has 3 aromatic rings. The summed E-state index contributed by atoms with van der Waals surface area (Å²) in [5.74, 6) is -0.232. The lowest BCUT2D eigenvalue weighted by molar-refractivity contribution is -0.385. The molecule has 164 valence electrons. The van der Waals surface area contributed by atoms with Crippen molar-refractivity contribution in [3.63, 3.8) is 0 Å². The number of hydrogen-bond acceptors (Lipinski definition) is 7. The number of carbonyl (C=O) groups excluding carboxylic acids is 1. The molecule has 8 heteroatoms. The molecule has 32 heavy (non-hydrogen) atoms. The molecule has 0 bridgehead atoms. The van der Waals surface area contributed by atoms with Gasteiger partial charge in [-0.2, -0.15) is 10.2 Å². The lowest BCUT2D eigenvalue weighted by Crippen LogP contribution is -2.09. The topological polar surface area (TPSA) is 103 Å². The first-order chi connectivity index (χ1) is 15.5. The van der Waals surface area contributed by atoms with E-state index in [9.17, 15) is 14.9 Å². The van der Waals surface area contributed by atoms with Crippen LogP contribution in [0.25, 0.3) is 0 Å². The van der Waals surface area contributed by atoms with Gasteiger partial charge in [-0.15, -0.1) is 0 Å². The normalized spacial score (nSPS) is 10.8. The molecule has 0 fully saturated rings. The minimum Gasteiger partial charge on any atom is -0.494 e. The van der Waals surface area contributed by atoms with E-state index in [1.54, 1.807) is 36.4 Å². The van der Waals surface area contributed by atoms with Crippen molar-refractivity contribution in [2.75, 3.05) is 6.61 Å². The summed E-state index contributed by atoms with van der Waals surface area (Å²) >= 11 is 0. The van der Waals surface area contributed by atoms with Gasteiger partial charge in [0, 0.05) is 6.07 Å². The highest BCUT2D eigenvalue weighted by atomic mass is 16.6. The molecular formula is C24H23N3O5. The molecular weight excluding hydrogens is 410 g/mol. The number of esters is 1. The molecule has 0 aliphatic rings. The highest BCUT2D eigenvalue weighted by molar-refractivity contribution is 5.91. The minimum absolute atomic E-state index is 0.169. The van der Waals surface area contributed by atoms with Crippen molar-refractivity contribution >= 4 is 23.0 Å². The summed E-state index contributed by atoms with van der Waals surface area (Å²) in [6, 6.07) is 17.9. The first-order valence-corrected chi connectivity index (χ1v) is 10.2. The number of nitro benzene ring substituents is 1. The molecule has 0 saturated heterocycles. The van der Waals surface area contributed by atoms with Crippen LogP contribution in [-0.2, 0) is 0 Å². The molecule has 0 amide bonds. The number of hydrogen-bond donors (Lipinski definition) is 0. The summed E-state index contributed by atoms with van der Waals surface area (Å²) in [4.78, 5) is 23.3. The van der Waals surface area contributed by atoms with E-state index in [1.165, 1.54) is 18.2 Å². The van der Waals surface area contributed by atoms with E-state index in [0.29, 0.717) is 18.0 Å². The summed E-state index contributed by atoms with van der Waals surface area (Å²) in [6.07, 6.45) is 1.96. The van der Waals surface area contributed by atoms with E-state index in [4.69, 9.17) is 9.47 Å². The lowest BCUT2D eigenvalue weighted by atomic mass is 10.2. The summed E-state index contributed by atoms with van der Waals surface area (Å²) < 4.78 is 10.8. The second kappa shape index (κ2) is 10.8. The fraction of sp³-hybridized carbons (Fsp3) is 0.208. The van der Waals surface area contributed by atoms with E-state index < -0.39 is 10.9 Å². The van der Waals surface area contributed by atoms with Crippen molar-refractivity contribution in [2.24, 2.45) is 10.2 Å². The largest absolute Gasteiger partial charge is 0.494 e. The first kappa shape index (κ1) is 22.6. The summed E-state index contributed by atoms with van der Waals surface area (Å²) in [5.41, 5.74) is 1.86. The van der Waals surface area contributed by atoms with E-state index in [-0.39, 0.29) is 22.7 Å². The van der Waals surface area contributed by atoms with Gasteiger partial charge in [-0.05, 0) is 61.9 Å². The Morgan fingerprint density at radius 2 is 1.62 bits per heavy atom. The van der Waals surface area contributed by atoms with Crippen LogP contribution in [0.1, 0.15) is 35.7 Å². The summed E-state index contributed by atoms with van der Waals surface area (Å²) in [7, 11) is 0. The maximum atomic E-state index is 12.5. The monoisotopic (exact) mass is 433 g/mol. The maximum Gasteiger partial charge on any atom is 0.343 e. The fourth-order valence-corrected chi connectivity index (χ4v) is 2.70. The van der Waals surface area contributed by atoms with E-state index >= 15 is 0 Å². The van der Waals surface area contributed by atoms with Crippen LogP contribution in [0.4, 0.5) is 17.1 Å². The van der Waals surface area contributed by atoms with Crippen LogP contribution < -0.4 is 9.47 Å². The molecule has 0 atom stereocenters. The third-order valence-corrected chi connectivity index (χ3v) is 4.51. The van der Waals surface area contributed by atoms with Crippen molar-refractivity contribution in [3.8, 4) is 11.5 Å². The van der Waals surface area contributed by atoms with Crippen molar-refractivity contribution in [3.05, 3.63) is 88.0 Å². The molecule has 0 radical (unpaired) electrons.